The molecule has 0 saturated carbocycles. The molecule has 0 unspecified atom stereocenters. The number of halogens is 3. The Hall–Kier alpha value is -3.45. The molecule has 10 nitrogen and oxygen atoms in total. The van der Waals surface area contributed by atoms with Crippen molar-refractivity contribution in [1.82, 2.24) is 25.3 Å². The fraction of sp³-hybridized carbons (Fsp3) is 0.647. The molecule has 1 saturated heterocycles. The number of aliphatic carboxylic acids is 1. The van der Waals surface area contributed by atoms with Crippen LogP contribution >= 0.6 is 0 Å². The standard InChI is InChI=1S/C32H53N5O3.C2HF3O2/c1-22(2)25(21-23(3)29(39)37-19-17-35(10)18-20-37)36(11)30(40)27(31(4,5)6)34-28(38)26(33-9)32(7,8)24-15-13-12-14-16-24;3-2(4,5)1(6)7/h12-16,21-22,25-27,33H,17-20H2,1-11H3,(H,34,38);(H,6,7)/b23-21+;/t25-,26-,27-;/m1./s1. The molecule has 3 amide bonds. The number of hydrogen-bond donors (Lipinski definition) is 3. The molecule has 47 heavy (non-hydrogen) atoms. The van der Waals surface area contributed by atoms with Gasteiger partial charge in [-0.25, -0.2) is 4.79 Å². The number of carboxylic acid groups (broad SMARTS) is 1. The van der Waals surface area contributed by atoms with Crippen LogP contribution in [0, 0.1) is 11.3 Å². The summed E-state index contributed by atoms with van der Waals surface area (Å²) in [5.74, 6) is -3.07. The molecule has 0 spiro atoms. The number of hydrogen-bond acceptors (Lipinski definition) is 6. The maximum absolute atomic E-state index is 14.1. The average Bonchev–Trinajstić information content (AvgIpc) is 2.97. The zero-order valence-electron chi connectivity index (χ0n) is 29.7. The normalized spacial score (nSPS) is 16.8. The summed E-state index contributed by atoms with van der Waals surface area (Å²) >= 11 is 0. The van der Waals surface area contributed by atoms with Crippen LogP contribution < -0.4 is 10.6 Å². The molecule has 1 aromatic carbocycles. The van der Waals surface area contributed by atoms with Gasteiger partial charge in [-0.2, -0.15) is 13.2 Å². The van der Waals surface area contributed by atoms with Gasteiger partial charge in [-0.15, -0.1) is 0 Å². The SMILES string of the molecule is CN[C@H](C(=O)N[C@H](C(=O)N(C)[C@H](/C=C(\C)C(=O)N1CCN(C)CC1)C(C)C)C(C)(C)C)C(C)(C)c1ccccc1.O=C(O)C(F)(F)F. The van der Waals surface area contributed by atoms with Crippen LogP contribution in [0.15, 0.2) is 42.0 Å². The number of carbonyl (C=O) groups is 4. The highest BCUT2D eigenvalue weighted by atomic mass is 19.4. The van der Waals surface area contributed by atoms with Crippen LogP contribution in [-0.2, 0) is 24.6 Å². The van der Waals surface area contributed by atoms with Crippen LogP contribution in [0.1, 0.15) is 61.0 Å². The second-order valence-corrected chi connectivity index (χ2v) is 14.0. The third kappa shape index (κ3) is 11.9. The summed E-state index contributed by atoms with van der Waals surface area (Å²) in [6.07, 6.45) is -3.17. The number of rotatable bonds is 10. The molecule has 0 aromatic heterocycles. The Labute approximate surface area is 277 Å². The van der Waals surface area contributed by atoms with Crippen LogP contribution in [0.2, 0.25) is 0 Å². The molecular formula is C34H54F3N5O5. The fourth-order valence-electron chi connectivity index (χ4n) is 5.42. The minimum atomic E-state index is -5.08. The van der Waals surface area contributed by atoms with E-state index in [4.69, 9.17) is 9.90 Å². The highest BCUT2D eigenvalue weighted by Crippen LogP contribution is 2.29. The van der Waals surface area contributed by atoms with Gasteiger partial charge in [0.1, 0.15) is 6.04 Å². The number of likely N-dealkylation sites (N-methyl/N-ethyl adjacent to an activating group) is 3. The first-order valence-electron chi connectivity index (χ1n) is 15.7. The lowest BCUT2D eigenvalue weighted by molar-refractivity contribution is -0.192. The fourth-order valence-corrected chi connectivity index (χ4v) is 5.42. The molecular weight excluding hydrogens is 615 g/mol. The van der Waals surface area contributed by atoms with Gasteiger partial charge in [0.2, 0.25) is 17.7 Å². The van der Waals surface area contributed by atoms with Gasteiger partial charge in [0.15, 0.2) is 0 Å². The van der Waals surface area contributed by atoms with Crippen molar-refractivity contribution in [1.29, 1.82) is 0 Å². The Kier molecular flexibility index (Phi) is 15.1. The zero-order chi connectivity index (χ0) is 36.5. The number of alkyl halides is 3. The van der Waals surface area contributed by atoms with E-state index in [-0.39, 0.29) is 29.7 Å². The molecule has 3 N–H and O–H groups in total. The third-order valence-corrected chi connectivity index (χ3v) is 8.46. The van der Waals surface area contributed by atoms with E-state index >= 15 is 0 Å². The minimum Gasteiger partial charge on any atom is -0.475 e. The van der Waals surface area contributed by atoms with Crippen molar-refractivity contribution in [3.05, 3.63) is 47.5 Å². The number of carboxylic acids is 1. The number of piperazine rings is 1. The molecule has 0 aliphatic carbocycles. The monoisotopic (exact) mass is 669 g/mol. The largest absolute Gasteiger partial charge is 0.490 e. The number of nitrogens with one attached hydrogen (secondary N) is 2. The van der Waals surface area contributed by atoms with Gasteiger partial charge >= 0.3 is 12.1 Å². The summed E-state index contributed by atoms with van der Waals surface area (Å²) in [6, 6.07) is 8.32. The number of amides is 3. The number of benzene rings is 1. The van der Waals surface area contributed by atoms with Crippen LogP contribution in [0.3, 0.4) is 0 Å². The van der Waals surface area contributed by atoms with E-state index in [1.807, 2.05) is 96.7 Å². The van der Waals surface area contributed by atoms with Gasteiger partial charge in [0, 0.05) is 44.2 Å². The van der Waals surface area contributed by atoms with Crippen molar-refractivity contribution in [2.24, 2.45) is 11.3 Å². The van der Waals surface area contributed by atoms with E-state index in [0.29, 0.717) is 18.7 Å². The van der Waals surface area contributed by atoms with Crippen molar-refractivity contribution in [3.63, 3.8) is 0 Å². The van der Waals surface area contributed by atoms with Crippen LogP contribution in [0.4, 0.5) is 13.2 Å². The molecule has 1 aliphatic rings. The summed E-state index contributed by atoms with van der Waals surface area (Å²) in [7, 11) is 5.60. The molecule has 3 atom stereocenters. The summed E-state index contributed by atoms with van der Waals surface area (Å²) in [4.78, 5) is 55.7. The predicted octanol–water partition coefficient (Wildman–Crippen LogP) is 3.92. The quantitative estimate of drug-likeness (QED) is 0.323. The van der Waals surface area contributed by atoms with Crippen molar-refractivity contribution in [2.75, 3.05) is 47.3 Å². The second kappa shape index (κ2) is 17.1. The minimum absolute atomic E-state index is 0.0141. The molecule has 1 heterocycles. The number of carbonyl (C=O) groups excluding carboxylic acids is 3. The Balaban J connectivity index is 0.00000141. The Bertz CT molecular complexity index is 1240. The van der Waals surface area contributed by atoms with E-state index in [1.165, 1.54) is 0 Å². The van der Waals surface area contributed by atoms with Crippen LogP contribution in [-0.4, -0.2) is 115 Å². The van der Waals surface area contributed by atoms with Crippen molar-refractivity contribution < 1.29 is 37.5 Å². The molecule has 266 valence electrons. The summed E-state index contributed by atoms with van der Waals surface area (Å²) in [5, 5.41) is 13.4. The molecule has 13 heteroatoms. The van der Waals surface area contributed by atoms with Crippen molar-refractivity contribution >= 4 is 23.7 Å². The molecule has 1 fully saturated rings. The van der Waals surface area contributed by atoms with E-state index < -0.39 is 35.1 Å². The summed E-state index contributed by atoms with van der Waals surface area (Å²) in [5.41, 5.74) is 0.623. The lowest BCUT2D eigenvalue weighted by Gasteiger charge is -2.40. The van der Waals surface area contributed by atoms with Gasteiger partial charge in [0.25, 0.3) is 0 Å². The van der Waals surface area contributed by atoms with Crippen molar-refractivity contribution in [3.8, 4) is 0 Å². The predicted molar refractivity (Wildman–Crippen MR) is 177 cm³/mol. The van der Waals surface area contributed by atoms with Gasteiger partial charge < -0.3 is 30.4 Å². The highest BCUT2D eigenvalue weighted by molar-refractivity contribution is 5.94. The van der Waals surface area contributed by atoms with Gasteiger partial charge in [-0.1, -0.05) is 84.9 Å². The smallest absolute Gasteiger partial charge is 0.475 e. The summed E-state index contributed by atoms with van der Waals surface area (Å²) < 4.78 is 31.7. The molecule has 0 bridgehead atoms. The van der Waals surface area contributed by atoms with Crippen LogP contribution in [0.25, 0.3) is 0 Å². The van der Waals surface area contributed by atoms with Gasteiger partial charge in [0.05, 0.1) is 12.1 Å². The number of nitrogens with zero attached hydrogens (tertiary/aromatic N) is 3. The average molecular weight is 670 g/mol. The Morgan fingerprint density at radius 1 is 0.936 bits per heavy atom. The van der Waals surface area contributed by atoms with E-state index in [2.05, 4.69) is 22.6 Å². The van der Waals surface area contributed by atoms with Crippen molar-refractivity contribution in [2.45, 2.75) is 85.1 Å². The molecule has 0 radical (unpaired) electrons. The summed E-state index contributed by atoms with van der Waals surface area (Å²) in [6.45, 7) is 19.0. The third-order valence-electron chi connectivity index (χ3n) is 8.46. The van der Waals surface area contributed by atoms with E-state index in [9.17, 15) is 27.6 Å². The first-order valence-corrected chi connectivity index (χ1v) is 15.7. The van der Waals surface area contributed by atoms with E-state index in [0.717, 1.165) is 18.7 Å². The Morgan fingerprint density at radius 2 is 1.43 bits per heavy atom. The van der Waals surface area contributed by atoms with Gasteiger partial charge in [-0.05, 0) is 37.9 Å². The lowest BCUT2D eigenvalue weighted by Crippen LogP contribution is -2.61. The van der Waals surface area contributed by atoms with Gasteiger partial charge in [-0.3, -0.25) is 14.4 Å². The zero-order valence-corrected chi connectivity index (χ0v) is 29.7. The highest BCUT2D eigenvalue weighted by Gasteiger charge is 2.42. The maximum atomic E-state index is 14.1. The molecule has 1 aliphatic heterocycles. The van der Waals surface area contributed by atoms with Crippen LogP contribution in [0.5, 0.6) is 0 Å². The first-order chi connectivity index (χ1) is 21.5. The molecule has 2 rings (SSSR count). The second-order valence-electron chi connectivity index (χ2n) is 14.0. The first kappa shape index (κ1) is 41.6. The maximum Gasteiger partial charge on any atom is 0.490 e. The lowest BCUT2D eigenvalue weighted by atomic mass is 9.76. The van der Waals surface area contributed by atoms with E-state index in [1.54, 1.807) is 19.0 Å². The topological polar surface area (TPSA) is 122 Å². The Morgan fingerprint density at radius 3 is 1.83 bits per heavy atom. The molecule has 1 aromatic rings.